The number of imidazole rings is 1. The van der Waals surface area contributed by atoms with E-state index in [2.05, 4.69) is 19.8 Å². The molecular formula is C11H12N6O3S. The van der Waals surface area contributed by atoms with Gasteiger partial charge in [0.15, 0.2) is 17.2 Å². The van der Waals surface area contributed by atoms with E-state index in [1.807, 2.05) is 0 Å². The SMILES string of the molecule is Nc1nc2ccccn2c1S(=O)(=O)NCCc1ncno1. The zero-order chi connectivity index (χ0) is 14.9. The Morgan fingerprint density at radius 2 is 2.24 bits per heavy atom. The van der Waals surface area contributed by atoms with Crippen LogP contribution in [0.5, 0.6) is 0 Å². The van der Waals surface area contributed by atoms with E-state index < -0.39 is 10.0 Å². The van der Waals surface area contributed by atoms with E-state index in [-0.39, 0.29) is 23.8 Å². The summed E-state index contributed by atoms with van der Waals surface area (Å²) in [5.74, 6) is 0.301. The van der Waals surface area contributed by atoms with E-state index in [9.17, 15) is 8.42 Å². The molecule has 3 aromatic heterocycles. The predicted octanol–water partition coefficient (Wildman–Crippen LogP) is -0.180. The summed E-state index contributed by atoms with van der Waals surface area (Å²) >= 11 is 0. The summed E-state index contributed by atoms with van der Waals surface area (Å²) in [7, 11) is -3.79. The van der Waals surface area contributed by atoms with Gasteiger partial charge in [-0.2, -0.15) is 4.98 Å². The lowest BCUT2D eigenvalue weighted by Crippen LogP contribution is -2.27. The van der Waals surface area contributed by atoms with Crippen LogP contribution in [0, 0.1) is 0 Å². The summed E-state index contributed by atoms with van der Waals surface area (Å²) in [4.78, 5) is 7.83. The minimum absolute atomic E-state index is 0.0495. The Morgan fingerprint density at radius 1 is 1.38 bits per heavy atom. The molecule has 0 bridgehead atoms. The molecule has 0 saturated carbocycles. The fourth-order valence-corrected chi connectivity index (χ4v) is 3.17. The molecule has 0 spiro atoms. The van der Waals surface area contributed by atoms with Gasteiger partial charge in [-0.05, 0) is 12.1 Å². The highest BCUT2D eigenvalue weighted by Crippen LogP contribution is 2.19. The summed E-state index contributed by atoms with van der Waals surface area (Å²) in [6.07, 6.45) is 3.13. The lowest BCUT2D eigenvalue weighted by Gasteiger charge is -2.06. The highest BCUT2D eigenvalue weighted by molar-refractivity contribution is 7.89. The molecule has 10 heteroatoms. The van der Waals surface area contributed by atoms with Crippen LogP contribution in [0.15, 0.2) is 40.3 Å². The van der Waals surface area contributed by atoms with Gasteiger partial charge in [0.05, 0.1) is 0 Å². The van der Waals surface area contributed by atoms with Crippen LogP contribution < -0.4 is 10.5 Å². The fraction of sp³-hybridized carbons (Fsp3) is 0.182. The second kappa shape index (κ2) is 5.14. The summed E-state index contributed by atoms with van der Waals surface area (Å²) in [6, 6.07) is 5.13. The molecule has 0 atom stereocenters. The Bertz CT molecular complexity index is 855. The first-order valence-corrected chi connectivity index (χ1v) is 7.54. The molecule has 0 aliphatic rings. The van der Waals surface area contributed by atoms with Gasteiger partial charge < -0.3 is 10.3 Å². The number of pyridine rings is 1. The molecule has 110 valence electrons. The van der Waals surface area contributed by atoms with Gasteiger partial charge in [-0.15, -0.1) is 0 Å². The average Bonchev–Trinajstić information content (AvgIpc) is 3.04. The molecule has 0 unspecified atom stereocenters. The molecule has 0 radical (unpaired) electrons. The van der Waals surface area contributed by atoms with Crippen molar-refractivity contribution in [3.63, 3.8) is 0 Å². The van der Waals surface area contributed by atoms with E-state index in [1.165, 1.54) is 10.7 Å². The summed E-state index contributed by atoms with van der Waals surface area (Å²) < 4.78 is 33.3. The molecule has 0 aliphatic heterocycles. The maximum absolute atomic E-state index is 12.3. The molecule has 3 rings (SSSR count). The zero-order valence-corrected chi connectivity index (χ0v) is 11.6. The number of nitrogen functional groups attached to an aromatic ring is 1. The predicted molar refractivity (Wildman–Crippen MR) is 72.8 cm³/mol. The smallest absolute Gasteiger partial charge is 0.260 e. The van der Waals surface area contributed by atoms with Crippen LogP contribution in [0.2, 0.25) is 0 Å². The Labute approximate surface area is 119 Å². The molecule has 0 saturated heterocycles. The summed E-state index contributed by atoms with van der Waals surface area (Å²) in [5.41, 5.74) is 6.18. The number of rotatable bonds is 5. The van der Waals surface area contributed by atoms with Gasteiger partial charge in [0.25, 0.3) is 10.0 Å². The van der Waals surface area contributed by atoms with Crippen molar-refractivity contribution in [3.05, 3.63) is 36.6 Å². The average molecular weight is 308 g/mol. The first-order valence-electron chi connectivity index (χ1n) is 6.06. The first-order chi connectivity index (χ1) is 10.1. The van der Waals surface area contributed by atoms with Gasteiger partial charge >= 0.3 is 0 Å². The van der Waals surface area contributed by atoms with Crippen molar-refractivity contribution in [2.75, 3.05) is 12.3 Å². The van der Waals surface area contributed by atoms with Crippen LogP contribution in [0.3, 0.4) is 0 Å². The fourth-order valence-electron chi connectivity index (χ4n) is 1.93. The standard InChI is InChI=1S/C11H12N6O3S/c12-10-11(17-6-2-1-3-8(17)16-10)21(18,19)15-5-4-9-13-7-14-20-9/h1-3,6-7,15H,4-5,12H2. The number of nitrogens with two attached hydrogens (primary N) is 1. The Morgan fingerprint density at radius 3 is 3.00 bits per heavy atom. The largest absolute Gasteiger partial charge is 0.381 e. The number of anilines is 1. The Balaban J connectivity index is 1.84. The monoisotopic (exact) mass is 308 g/mol. The Hall–Kier alpha value is -2.46. The summed E-state index contributed by atoms with van der Waals surface area (Å²) in [6.45, 7) is 0.115. The molecule has 0 fully saturated rings. The van der Waals surface area contributed by atoms with Crippen molar-refractivity contribution in [2.24, 2.45) is 0 Å². The van der Waals surface area contributed by atoms with Crippen molar-refractivity contribution < 1.29 is 12.9 Å². The highest BCUT2D eigenvalue weighted by atomic mass is 32.2. The topological polar surface area (TPSA) is 128 Å². The third-order valence-electron chi connectivity index (χ3n) is 2.80. The quantitative estimate of drug-likeness (QED) is 0.669. The molecule has 3 N–H and O–H groups in total. The van der Waals surface area contributed by atoms with Crippen molar-refractivity contribution in [2.45, 2.75) is 11.4 Å². The van der Waals surface area contributed by atoms with Gasteiger partial charge in [-0.3, -0.25) is 4.40 Å². The van der Waals surface area contributed by atoms with Gasteiger partial charge in [0, 0.05) is 19.2 Å². The van der Waals surface area contributed by atoms with Gasteiger partial charge in [-0.1, -0.05) is 11.2 Å². The number of hydrogen-bond donors (Lipinski definition) is 2. The number of nitrogens with zero attached hydrogens (tertiary/aromatic N) is 4. The lowest BCUT2D eigenvalue weighted by atomic mass is 10.4. The van der Waals surface area contributed by atoms with E-state index >= 15 is 0 Å². The molecular weight excluding hydrogens is 296 g/mol. The van der Waals surface area contributed by atoms with Crippen molar-refractivity contribution in [1.29, 1.82) is 0 Å². The van der Waals surface area contributed by atoms with E-state index in [0.717, 1.165) is 0 Å². The molecule has 0 aromatic carbocycles. The third kappa shape index (κ3) is 2.58. The molecule has 0 amide bonds. The van der Waals surface area contributed by atoms with E-state index in [4.69, 9.17) is 10.3 Å². The highest BCUT2D eigenvalue weighted by Gasteiger charge is 2.23. The van der Waals surface area contributed by atoms with E-state index in [0.29, 0.717) is 11.5 Å². The number of hydrogen-bond acceptors (Lipinski definition) is 7. The van der Waals surface area contributed by atoms with Crippen LogP contribution in [0.4, 0.5) is 5.82 Å². The Kier molecular flexibility index (Phi) is 3.31. The molecule has 3 aromatic rings. The number of nitrogens with one attached hydrogen (secondary N) is 1. The lowest BCUT2D eigenvalue weighted by molar-refractivity contribution is 0.377. The number of fused-ring (bicyclic) bond motifs is 1. The molecule has 0 aliphatic carbocycles. The maximum Gasteiger partial charge on any atom is 0.260 e. The van der Waals surface area contributed by atoms with Crippen LogP contribution in [-0.4, -0.2) is 34.5 Å². The van der Waals surface area contributed by atoms with Crippen molar-refractivity contribution >= 4 is 21.5 Å². The third-order valence-corrected chi connectivity index (χ3v) is 4.30. The first kappa shape index (κ1) is 13.5. The summed E-state index contributed by atoms with van der Waals surface area (Å²) in [5, 5.41) is 3.36. The number of aromatic nitrogens is 4. The molecule has 9 nitrogen and oxygen atoms in total. The van der Waals surface area contributed by atoms with Crippen molar-refractivity contribution in [1.82, 2.24) is 24.2 Å². The maximum atomic E-state index is 12.3. The van der Waals surface area contributed by atoms with Crippen molar-refractivity contribution in [3.8, 4) is 0 Å². The number of sulfonamides is 1. The van der Waals surface area contributed by atoms with Crippen LogP contribution in [0.25, 0.3) is 5.65 Å². The van der Waals surface area contributed by atoms with Gasteiger partial charge in [-0.25, -0.2) is 18.1 Å². The molecule has 21 heavy (non-hydrogen) atoms. The van der Waals surface area contributed by atoms with Gasteiger partial charge in [0.2, 0.25) is 5.89 Å². The van der Waals surface area contributed by atoms with Crippen LogP contribution in [-0.2, 0) is 16.4 Å². The van der Waals surface area contributed by atoms with Crippen LogP contribution >= 0.6 is 0 Å². The van der Waals surface area contributed by atoms with Crippen LogP contribution in [0.1, 0.15) is 5.89 Å². The zero-order valence-electron chi connectivity index (χ0n) is 10.8. The van der Waals surface area contributed by atoms with Gasteiger partial charge in [0.1, 0.15) is 5.65 Å². The van der Waals surface area contributed by atoms with E-state index in [1.54, 1.807) is 24.4 Å². The minimum atomic E-state index is -3.79. The normalized spacial score (nSPS) is 12.0. The molecule has 3 heterocycles. The second-order valence-corrected chi connectivity index (χ2v) is 5.90. The minimum Gasteiger partial charge on any atom is -0.381 e. The second-order valence-electron chi connectivity index (χ2n) is 4.21.